The summed E-state index contributed by atoms with van der Waals surface area (Å²) in [6, 6.07) is -0.127. The summed E-state index contributed by atoms with van der Waals surface area (Å²) in [4.78, 5) is 11.8. The topological polar surface area (TPSA) is 82.8 Å². The summed E-state index contributed by atoms with van der Waals surface area (Å²) in [7, 11) is 0. The minimum Gasteiger partial charge on any atom is -0.494 e. The predicted molar refractivity (Wildman–Crippen MR) is 57.7 cm³/mol. The third-order valence-electron chi connectivity index (χ3n) is 3.62. The SMILES string of the molecule is NC1C2CCOC2C1NC(=O)C1=COCCO1. The van der Waals surface area contributed by atoms with Crippen LogP contribution >= 0.6 is 0 Å². The number of carbonyl (C=O) groups excluding carboxylic acids is 1. The number of nitrogens with two attached hydrogens (primary N) is 1. The number of amides is 1. The van der Waals surface area contributed by atoms with Crippen LogP contribution in [0.5, 0.6) is 0 Å². The third-order valence-corrected chi connectivity index (χ3v) is 3.62. The maximum Gasteiger partial charge on any atom is 0.290 e. The Labute approximate surface area is 99.1 Å². The summed E-state index contributed by atoms with van der Waals surface area (Å²) < 4.78 is 15.8. The van der Waals surface area contributed by atoms with Crippen LogP contribution in [0.2, 0.25) is 0 Å². The molecule has 2 fully saturated rings. The van der Waals surface area contributed by atoms with E-state index in [-0.39, 0.29) is 29.9 Å². The second kappa shape index (κ2) is 4.19. The molecule has 3 N–H and O–H groups in total. The van der Waals surface area contributed by atoms with Crippen LogP contribution in [0.1, 0.15) is 6.42 Å². The van der Waals surface area contributed by atoms with Gasteiger partial charge in [-0.05, 0) is 6.42 Å². The molecule has 3 aliphatic rings. The molecule has 2 heterocycles. The molecule has 0 aromatic rings. The highest BCUT2D eigenvalue weighted by Gasteiger charge is 2.52. The highest BCUT2D eigenvalue weighted by atomic mass is 16.6. The van der Waals surface area contributed by atoms with Crippen molar-refractivity contribution < 1.29 is 19.0 Å². The van der Waals surface area contributed by atoms with Crippen LogP contribution in [0.4, 0.5) is 0 Å². The molecule has 0 spiro atoms. The van der Waals surface area contributed by atoms with Gasteiger partial charge in [-0.3, -0.25) is 4.79 Å². The maximum absolute atomic E-state index is 11.8. The van der Waals surface area contributed by atoms with Crippen molar-refractivity contribution in [3.05, 3.63) is 12.0 Å². The normalized spacial score (nSPS) is 39.2. The van der Waals surface area contributed by atoms with Crippen LogP contribution in [0.3, 0.4) is 0 Å². The van der Waals surface area contributed by atoms with Crippen molar-refractivity contribution in [1.29, 1.82) is 0 Å². The second-order valence-corrected chi connectivity index (χ2v) is 4.57. The van der Waals surface area contributed by atoms with Gasteiger partial charge in [0.05, 0.1) is 12.1 Å². The minimum absolute atomic E-state index is 0.0171. The molecule has 6 heteroatoms. The molecule has 1 amide bonds. The van der Waals surface area contributed by atoms with Gasteiger partial charge in [-0.2, -0.15) is 0 Å². The summed E-state index contributed by atoms with van der Waals surface area (Å²) in [5, 5.41) is 2.85. The molecule has 4 atom stereocenters. The fraction of sp³-hybridized carbons (Fsp3) is 0.727. The largest absolute Gasteiger partial charge is 0.494 e. The van der Waals surface area contributed by atoms with Gasteiger partial charge >= 0.3 is 0 Å². The van der Waals surface area contributed by atoms with E-state index in [0.29, 0.717) is 19.1 Å². The first kappa shape index (κ1) is 10.9. The second-order valence-electron chi connectivity index (χ2n) is 4.57. The predicted octanol–water partition coefficient (Wildman–Crippen LogP) is -0.895. The van der Waals surface area contributed by atoms with Crippen LogP contribution in [0, 0.1) is 5.92 Å². The Bertz CT molecular complexity index is 357. The van der Waals surface area contributed by atoms with Gasteiger partial charge in [0.1, 0.15) is 19.5 Å². The van der Waals surface area contributed by atoms with Crippen LogP contribution in [-0.4, -0.2) is 43.9 Å². The smallest absolute Gasteiger partial charge is 0.290 e. The van der Waals surface area contributed by atoms with Crippen molar-refractivity contribution in [2.75, 3.05) is 19.8 Å². The summed E-state index contributed by atoms with van der Waals surface area (Å²) >= 11 is 0. The zero-order chi connectivity index (χ0) is 11.8. The van der Waals surface area contributed by atoms with Gasteiger partial charge in [-0.15, -0.1) is 0 Å². The van der Waals surface area contributed by atoms with E-state index in [1.54, 1.807) is 0 Å². The number of rotatable bonds is 2. The quantitative estimate of drug-likeness (QED) is 0.654. The first-order valence-electron chi connectivity index (χ1n) is 5.90. The fourth-order valence-electron chi connectivity index (χ4n) is 2.64. The number of carbonyl (C=O) groups is 1. The Morgan fingerprint density at radius 3 is 3.06 bits per heavy atom. The van der Waals surface area contributed by atoms with E-state index in [0.717, 1.165) is 13.0 Å². The van der Waals surface area contributed by atoms with Crippen molar-refractivity contribution in [2.45, 2.75) is 24.6 Å². The van der Waals surface area contributed by atoms with Gasteiger partial charge in [-0.25, -0.2) is 0 Å². The van der Waals surface area contributed by atoms with E-state index < -0.39 is 0 Å². The minimum atomic E-state index is -0.279. The summed E-state index contributed by atoms with van der Waals surface area (Å²) in [5.74, 6) is 0.321. The molecule has 0 bridgehead atoms. The Morgan fingerprint density at radius 2 is 2.29 bits per heavy atom. The Balaban J connectivity index is 1.60. The average molecular weight is 240 g/mol. The molecule has 17 heavy (non-hydrogen) atoms. The number of hydrogen-bond donors (Lipinski definition) is 2. The lowest BCUT2D eigenvalue weighted by Gasteiger charge is -2.45. The van der Waals surface area contributed by atoms with Gasteiger partial charge < -0.3 is 25.3 Å². The molecule has 94 valence electrons. The van der Waals surface area contributed by atoms with Crippen molar-refractivity contribution >= 4 is 5.91 Å². The number of nitrogens with one attached hydrogen (secondary N) is 1. The number of fused-ring (bicyclic) bond motifs is 1. The molecule has 0 radical (unpaired) electrons. The molecule has 2 aliphatic heterocycles. The highest BCUT2D eigenvalue weighted by Crippen LogP contribution is 2.37. The van der Waals surface area contributed by atoms with Crippen molar-refractivity contribution in [2.24, 2.45) is 11.7 Å². The lowest BCUT2D eigenvalue weighted by molar-refractivity contribution is -0.126. The maximum atomic E-state index is 11.8. The standard InChI is InChI=1S/C11H16N2O4/c12-8-6-1-2-17-10(6)9(8)13-11(14)7-5-15-3-4-16-7/h5-6,8-10H,1-4,12H2,(H,13,14). The van der Waals surface area contributed by atoms with Crippen molar-refractivity contribution in [3.8, 4) is 0 Å². The molecule has 4 unspecified atom stereocenters. The van der Waals surface area contributed by atoms with Crippen LogP contribution < -0.4 is 11.1 Å². The molecule has 0 aromatic heterocycles. The van der Waals surface area contributed by atoms with E-state index in [4.69, 9.17) is 19.9 Å². The molecule has 1 saturated carbocycles. The monoisotopic (exact) mass is 240 g/mol. The van der Waals surface area contributed by atoms with Gasteiger partial charge in [0.25, 0.3) is 5.91 Å². The van der Waals surface area contributed by atoms with Gasteiger partial charge in [0, 0.05) is 18.6 Å². The summed E-state index contributed by atoms with van der Waals surface area (Å²) in [6.07, 6.45) is 2.40. The van der Waals surface area contributed by atoms with Crippen molar-refractivity contribution in [1.82, 2.24) is 5.32 Å². The molecule has 0 aromatic carbocycles. The van der Waals surface area contributed by atoms with E-state index in [1.807, 2.05) is 0 Å². The Morgan fingerprint density at radius 1 is 1.41 bits per heavy atom. The van der Waals surface area contributed by atoms with Gasteiger partial charge in [0.15, 0.2) is 0 Å². The summed E-state index contributed by atoms with van der Waals surface area (Å²) in [5.41, 5.74) is 6.00. The molecule has 3 rings (SSSR count). The van der Waals surface area contributed by atoms with Crippen LogP contribution in [0.25, 0.3) is 0 Å². The van der Waals surface area contributed by atoms with E-state index in [1.165, 1.54) is 6.26 Å². The lowest BCUT2D eigenvalue weighted by Crippen LogP contribution is -2.69. The van der Waals surface area contributed by atoms with Gasteiger partial charge in [-0.1, -0.05) is 0 Å². The highest BCUT2D eigenvalue weighted by molar-refractivity contribution is 5.91. The Kier molecular flexibility index (Phi) is 2.68. The van der Waals surface area contributed by atoms with E-state index in [9.17, 15) is 4.79 Å². The molecule has 1 aliphatic carbocycles. The number of ether oxygens (including phenoxy) is 3. The molecular weight excluding hydrogens is 224 g/mol. The molecular formula is C11H16N2O4. The first-order chi connectivity index (χ1) is 8.27. The summed E-state index contributed by atoms with van der Waals surface area (Å²) in [6.45, 7) is 1.61. The zero-order valence-corrected chi connectivity index (χ0v) is 9.43. The van der Waals surface area contributed by atoms with Gasteiger partial charge in [0.2, 0.25) is 5.76 Å². The number of hydrogen-bond acceptors (Lipinski definition) is 5. The first-order valence-corrected chi connectivity index (χ1v) is 5.90. The Hall–Kier alpha value is -1.27. The zero-order valence-electron chi connectivity index (χ0n) is 9.43. The average Bonchev–Trinajstić information content (AvgIpc) is 2.81. The van der Waals surface area contributed by atoms with Crippen molar-refractivity contribution in [3.63, 3.8) is 0 Å². The van der Waals surface area contributed by atoms with E-state index in [2.05, 4.69) is 5.32 Å². The third kappa shape index (κ3) is 1.77. The van der Waals surface area contributed by atoms with Crippen LogP contribution in [-0.2, 0) is 19.0 Å². The molecule has 6 nitrogen and oxygen atoms in total. The molecule has 1 saturated heterocycles. The van der Waals surface area contributed by atoms with Crippen LogP contribution in [0.15, 0.2) is 12.0 Å². The van der Waals surface area contributed by atoms with E-state index >= 15 is 0 Å². The lowest BCUT2D eigenvalue weighted by atomic mass is 9.72. The fourth-order valence-corrected chi connectivity index (χ4v) is 2.64.